The molecule has 160 valence electrons. The molecule has 0 radical (unpaired) electrons. The highest BCUT2D eigenvalue weighted by atomic mass is 16.6. The minimum atomic E-state index is -0.197. The number of quaternary nitrogens is 1. The number of carbonyl (C=O) groups excluding carboxylic acids is 1. The lowest BCUT2D eigenvalue weighted by Crippen LogP contribution is -3.12. The first-order valence-electron chi connectivity index (χ1n) is 10.5. The Kier molecular flexibility index (Phi) is 6.40. The summed E-state index contributed by atoms with van der Waals surface area (Å²) < 4.78 is 16.6. The number of carbonyl (C=O) groups is 1. The van der Waals surface area contributed by atoms with Crippen LogP contribution in [-0.4, -0.2) is 58.5 Å². The summed E-state index contributed by atoms with van der Waals surface area (Å²) in [5, 5.41) is 3.04. The Bertz CT molecular complexity index is 865. The second-order valence-electron chi connectivity index (χ2n) is 7.86. The van der Waals surface area contributed by atoms with E-state index in [1.807, 2.05) is 44.3 Å². The Morgan fingerprint density at radius 2 is 1.73 bits per heavy atom. The quantitative estimate of drug-likeness (QED) is 0.750. The Morgan fingerprint density at radius 1 is 1.03 bits per heavy atom. The van der Waals surface area contributed by atoms with Crippen LogP contribution in [0, 0.1) is 0 Å². The third-order valence-corrected chi connectivity index (χ3v) is 5.73. The highest BCUT2D eigenvalue weighted by Crippen LogP contribution is 2.30. The van der Waals surface area contributed by atoms with E-state index in [0.717, 1.165) is 66.2 Å². The minimum absolute atomic E-state index is 0.00386. The van der Waals surface area contributed by atoms with Crippen molar-refractivity contribution in [2.75, 3.05) is 56.8 Å². The maximum atomic E-state index is 12.8. The number of nitrogens with one attached hydrogen (secondary N) is 2. The largest absolute Gasteiger partial charge is 0.486 e. The molecule has 30 heavy (non-hydrogen) atoms. The van der Waals surface area contributed by atoms with E-state index in [9.17, 15) is 4.79 Å². The van der Waals surface area contributed by atoms with Gasteiger partial charge < -0.3 is 29.3 Å². The van der Waals surface area contributed by atoms with Gasteiger partial charge in [0.15, 0.2) is 17.5 Å². The van der Waals surface area contributed by atoms with Crippen molar-refractivity contribution in [3.63, 3.8) is 0 Å². The molecule has 2 atom stereocenters. The molecule has 0 spiro atoms. The van der Waals surface area contributed by atoms with Crippen molar-refractivity contribution in [2.45, 2.75) is 19.5 Å². The van der Waals surface area contributed by atoms with Crippen molar-refractivity contribution in [3.8, 4) is 11.5 Å². The van der Waals surface area contributed by atoms with Gasteiger partial charge in [-0.15, -0.1) is 0 Å². The molecule has 0 saturated carbocycles. The van der Waals surface area contributed by atoms with Crippen LogP contribution in [0.3, 0.4) is 0 Å². The van der Waals surface area contributed by atoms with Crippen LogP contribution >= 0.6 is 0 Å². The van der Waals surface area contributed by atoms with Crippen LogP contribution in [0.25, 0.3) is 0 Å². The molecule has 1 saturated heterocycles. The highest BCUT2D eigenvalue weighted by Gasteiger charge is 2.23. The molecule has 0 bridgehead atoms. The van der Waals surface area contributed by atoms with E-state index in [1.165, 1.54) is 0 Å². The molecule has 7 nitrogen and oxygen atoms in total. The summed E-state index contributed by atoms with van der Waals surface area (Å²) in [4.78, 5) is 16.2. The molecule has 2 aromatic rings. The number of nitrogens with zero attached hydrogens (tertiary/aromatic N) is 1. The van der Waals surface area contributed by atoms with Gasteiger partial charge in [0.25, 0.3) is 5.91 Å². The average molecular weight is 413 g/mol. The molecule has 2 aliphatic rings. The lowest BCUT2D eigenvalue weighted by atomic mass is 10.1. The maximum Gasteiger partial charge on any atom is 0.282 e. The van der Waals surface area contributed by atoms with Crippen LogP contribution in [0.1, 0.15) is 12.5 Å². The van der Waals surface area contributed by atoms with Gasteiger partial charge in [-0.1, -0.05) is 0 Å². The molecular formula is C23H30N3O4+. The molecular weight excluding hydrogens is 382 g/mol. The predicted molar refractivity (Wildman–Crippen MR) is 116 cm³/mol. The molecule has 7 heteroatoms. The van der Waals surface area contributed by atoms with Crippen LogP contribution < -0.4 is 24.6 Å². The molecule has 1 unspecified atom stereocenters. The standard InChI is InChI=1S/C23H29N3O4/c1-17(25(2)16-18-3-8-21-22(15-18)30-14-13-29-21)23(27)24-19-4-6-20(7-5-19)26-9-11-28-12-10-26/h3-8,15,17H,9-14,16H2,1-2H3,(H,24,27)/p+1/t17-/m1/s1. The molecule has 2 heterocycles. The van der Waals surface area contributed by atoms with Crippen molar-refractivity contribution in [1.82, 2.24) is 0 Å². The molecule has 4 rings (SSSR count). The summed E-state index contributed by atoms with van der Waals surface area (Å²) in [6.45, 7) is 7.15. The van der Waals surface area contributed by atoms with E-state index in [1.54, 1.807) is 0 Å². The summed E-state index contributed by atoms with van der Waals surface area (Å²) in [7, 11) is 2.03. The number of benzene rings is 2. The van der Waals surface area contributed by atoms with Gasteiger partial charge in [0.05, 0.1) is 20.3 Å². The summed E-state index contributed by atoms with van der Waals surface area (Å²) in [5.41, 5.74) is 3.09. The Balaban J connectivity index is 1.32. The number of likely N-dealkylation sites (N-methyl/N-ethyl adjacent to an activating group) is 1. The van der Waals surface area contributed by atoms with Gasteiger partial charge in [-0.05, 0) is 49.4 Å². The van der Waals surface area contributed by atoms with Crippen molar-refractivity contribution >= 4 is 17.3 Å². The van der Waals surface area contributed by atoms with Crippen LogP contribution in [-0.2, 0) is 16.1 Å². The van der Waals surface area contributed by atoms with Gasteiger partial charge in [-0.3, -0.25) is 4.79 Å². The summed E-state index contributed by atoms with van der Waals surface area (Å²) >= 11 is 0. The van der Waals surface area contributed by atoms with E-state index in [4.69, 9.17) is 14.2 Å². The maximum absolute atomic E-state index is 12.8. The first kappa shape index (κ1) is 20.5. The number of ether oxygens (including phenoxy) is 3. The lowest BCUT2D eigenvalue weighted by Gasteiger charge is -2.29. The van der Waals surface area contributed by atoms with Crippen LogP contribution in [0.4, 0.5) is 11.4 Å². The van der Waals surface area contributed by atoms with Gasteiger partial charge >= 0.3 is 0 Å². The number of hydrogen-bond acceptors (Lipinski definition) is 5. The second kappa shape index (κ2) is 9.36. The molecule has 2 N–H and O–H groups in total. The Morgan fingerprint density at radius 3 is 2.47 bits per heavy atom. The summed E-state index contributed by atoms with van der Waals surface area (Å²) in [6.07, 6.45) is 0. The molecule has 0 aliphatic carbocycles. The van der Waals surface area contributed by atoms with Gasteiger partial charge in [0, 0.05) is 30.0 Å². The van der Waals surface area contributed by atoms with Gasteiger partial charge in [0.1, 0.15) is 19.8 Å². The fourth-order valence-corrected chi connectivity index (χ4v) is 3.72. The van der Waals surface area contributed by atoms with E-state index in [2.05, 4.69) is 22.3 Å². The Labute approximate surface area is 177 Å². The van der Waals surface area contributed by atoms with Crippen LogP contribution in [0.15, 0.2) is 42.5 Å². The van der Waals surface area contributed by atoms with Crippen molar-refractivity contribution in [2.24, 2.45) is 0 Å². The van der Waals surface area contributed by atoms with E-state index < -0.39 is 0 Å². The molecule has 1 amide bonds. The number of hydrogen-bond donors (Lipinski definition) is 2. The molecule has 2 aliphatic heterocycles. The minimum Gasteiger partial charge on any atom is -0.486 e. The molecule has 2 aromatic carbocycles. The summed E-state index contributed by atoms with van der Waals surface area (Å²) in [5.74, 6) is 1.57. The normalized spacial score (nSPS) is 17.9. The third kappa shape index (κ3) is 4.86. The van der Waals surface area contributed by atoms with Gasteiger partial charge in [0.2, 0.25) is 0 Å². The number of fused-ring (bicyclic) bond motifs is 1. The first-order valence-corrected chi connectivity index (χ1v) is 10.5. The zero-order valence-corrected chi connectivity index (χ0v) is 17.6. The van der Waals surface area contributed by atoms with Gasteiger partial charge in [-0.2, -0.15) is 0 Å². The predicted octanol–water partition coefficient (Wildman–Crippen LogP) is 1.34. The third-order valence-electron chi connectivity index (χ3n) is 5.73. The zero-order chi connectivity index (χ0) is 20.9. The van der Waals surface area contributed by atoms with Crippen molar-refractivity contribution < 1.29 is 23.9 Å². The number of rotatable bonds is 6. The van der Waals surface area contributed by atoms with E-state index >= 15 is 0 Å². The topological polar surface area (TPSA) is 64.5 Å². The second-order valence-corrected chi connectivity index (χ2v) is 7.86. The monoisotopic (exact) mass is 412 g/mol. The SMILES string of the molecule is C[C@H](C(=O)Nc1ccc(N2CCOCC2)cc1)[NH+](C)Cc1ccc2c(c1)OCCO2. The fraction of sp³-hybridized carbons (Fsp3) is 0.435. The highest BCUT2D eigenvalue weighted by molar-refractivity contribution is 5.93. The number of morpholine rings is 1. The number of anilines is 2. The van der Waals surface area contributed by atoms with Crippen LogP contribution in [0.2, 0.25) is 0 Å². The fourth-order valence-electron chi connectivity index (χ4n) is 3.72. The van der Waals surface area contributed by atoms with Crippen molar-refractivity contribution in [3.05, 3.63) is 48.0 Å². The lowest BCUT2D eigenvalue weighted by molar-refractivity contribution is -0.907. The van der Waals surface area contributed by atoms with E-state index in [-0.39, 0.29) is 11.9 Å². The van der Waals surface area contributed by atoms with Crippen LogP contribution in [0.5, 0.6) is 11.5 Å². The average Bonchev–Trinajstić information content (AvgIpc) is 2.79. The Hall–Kier alpha value is -2.77. The zero-order valence-electron chi connectivity index (χ0n) is 17.6. The van der Waals surface area contributed by atoms with Gasteiger partial charge in [-0.25, -0.2) is 0 Å². The smallest absolute Gasteiger partial charge is 0.282 e. The molecule has 1 fully saturated rings. The first-order chi connectivity index (χ1) is 14.6. The molecule has 0 aromatic heterocycles. The number of amides is 1. The van der Waals surface area contributed by atoms with Crippen molar-refractivity contribution in [1.29, 1.82) is 0 Å². The van der Waals surface area contributed by atoms with E-state index in [0.29, 0.717) is 13.2 Å². The summed E-state index contributed by atoms with van der Waals surface area (Å²) in [6, 6.07) is 13.8.